The van der Waals surface area contributed by atoms with Crippen LogP contribution in [0.5, 0.6) is 0 Å². The molecule has 2 aromatic carbocycles. The molecular weight excluding hydrogens is 434 g/mol. The number of nitrogens with one attached hydrogen (secondary N) is 2. The predicted molar refractivity (Wildman–Crippen MR) is 131 cm³/mol. The standard InChI is InChI=1S/C26H35N3O5/c1-3-34-28-24(31)17-10-5-4-9-16-23(30)27-22-15-11-12-20(18-22)19-29(2)25(26(32)33)21-13-7-6-8-14-21/h6-8,11-15,18,25H,3-5,9-10,16-17,19H2,1-2H3,(H,27,30)(H,28,31)(H,32,33)/t25-/m0/s1. The number of anilines is 1. The number of aliphatic carboxylic acids is 1. The number of unbranched alkanes of at least 4 members (excludes halogenated alkanes) is 3. The molecule has 0 aromatic heterocycles. The maximum Gasteiger partial charge on any atom is 0.325 e. The van der Waals surface area contributed by atoms with E-state index in [0.29, 0.717) is 31.7 Å². The van der Waals surface area contributed by atoms with E-state index in [4.69, 9.17) is 4.84 Å². The fourth-order valence-electron chi connectivity index (χ4n) is 3.70. The molecule has 0 bridgehead atoms. The van der Waals surface area contributed by atoms with Gasteiger partial charge in [-0.2, -0.15) is 0 Å². The minimum atomic E-state index is -0.909. The summed E-state index contributed by atoms with van der Waals surface area (Å²) in [5, 5.41) is 12.6. The number of likely N-dealkylation sites (N-methyl/N-ethyl adjacent to an activating group) is 1. The van der Waals surface area contributed by atoms with Gasteiger partial charge in [0.15, 0.2) is 0 Å². The van der Waals surface area contributed by atoms with Crippen molar-refractivity contribution in [2.45, 2.75) is 58.0 Å². The molecule has 2 rings (SSSR count). The zero-order chi connectivity index (χ0) is 24.8. The number of nitrogens with zero attached hydrogens (tertiary/aromatic N) is 1. The molecule has 8 heteroatoms. The molecule has 0 radical (unpaired) electrons. The van der Waals surface area contributed by atoms with Crippen molar-refractivity contribution >= 4 is 23.5 Å². The van der Waals surface area contributed by atoms with E-state index < -0.39 is 12.0 Å². The number of hydrogen-bond donors (Lipinski definition) is 3. The van der Waals surface area contributed by atoms with E-state index in [2.05, 4.69) is 10.8 Å². The first-order chi connectivity index (χ1) is 16.4. The van der Waals surface area contributed by atoms with Gasteiger partial charge in [0, 0.05) is 25.1 Å². The SMILES string of the molecule is CCONC(=O)CCCCCCC(=O)Nc1cccc(CN(C)[C@H](C(=O)O)c2ccccc2)c1. The number of hydrogen-bond acceptors (Lipinski definition) is 5. The van der Waals surface area contributed by atoms with Crippen molar-refractivity contribution in [1.29, 1.82) is 0 Å². The Morgan fingerprint density at radius 1 is 0.941 bits per heavy atom. The lowest BCUT2D eigenvalue weighted by molar-refractivity contribution is -0.143. The summed E-state index contributed by atoms with van der Waals surface area (Å²) < 4.78 is 0. The number of carboxylic acids is 1. The van der Waals surface area contributed by atoms with Crippen LogP contribution in [0, 0.1) is 0 Å². The number of carbonyl (C=O) groups excluding carboxylic acids is 2. The zero-order valence-electron chi connectivity index (χ0n) is 20.0. The van der Waals surface area contributed by atoms with Gasteiger partial charge in [0.25, 0.3) is 0 Å². The second kappa shape index (κ2) is 14.8. The molecular formula is C26H35N3O5. The van der Waals surface area contributed by atoms with Gasteiger partial charge >= 0.3 is 5.97 Å². The van der Waals surface area contributed by atoms with Crippen LogP contribution in [0.1, 0.15) is 62.6 Å². The number of carboxylic acid groups (broad SMARTS) is 1. The molecule has 0 aliphatic heterocycles. The number of amides is 2. The molecule has 3 N–H and O–H groups in total. The highest BCUT2D eigenvalue weighted by Gasteiger charge is 2.24. The topological polar surface area (TPSA) is 108 Å². The van der Waals surface area contributed by atoms with Crippen LogP contribution in [0.25, 0.3) is 0 Å². The van der Waals surface area contributed by atoms with Crippen molar-refractivity contribution in [1.82, 2.24) is 10.4 Å². The molecule has 0 saturated carbocycles. The highest BCUT2D eigenvalue weighted by Crippen LogP contribution is 2.22. The summed E-state index contributed by atoms with van der Waals surface area (Å²) in [6, 6.07) is 15.8. The van der Waals surface area contributed by atoms with Gasteiger partial charge in [0.1, 0.15) is 6.04 Å². The van der Waals surface area contributed by atoms with Crippen LogP contribution in [0.3, 0.4) is 0 Å². The fraction of sp³-hybridized carbons (Fsp3) is 0.423. The average molecular weight is 470 g/mol. The number of hydroxylamine groups is 1. The Kier molecular flexibility index (Phi) is 11.8. The lowest BCUT2D eigenvalue weighted by Crippen LogP contribution is -2.30. The quantitative estimate of drug-likeness (QED) is 0.265. The maximum absolute atomic E-state index is 12.3. The van der Waals surface area contributed by atoms with Gasteiger partial charge in [-0.3, -0.25) is 24.1 Å². The largest absolute Gasteiger partial charge is 0.480 e. The molecule has 0 aliphatic rings. The van der Waals surface area contributed by atoms with Gasteiger partial charge in [0.05, 0.1) is 6.61 Å². The highest BCUT2D eigenvalue weighted by atomic mass is 16.6. The second-order valence-corrected chi connectivity index (χ2v) is 8.19. The monoisotopic (exact) mass is 469 g/mol. The third kappa shape index (κ3) is 9.72. The number of rotatable bonds is 15. The summed E-state index contributed by atoms with van der Waals surface area (Å²) in [6.45, 7) is 2.67. The molecule has 0 aliphatic carbocycles. The van der Waals surface area contributed by atoms with E-state index in [1.54, 1.807) is 18.9 Å². The van der Waals surface area contributed by atoms with E-state index in [-0.39, 0.29) is 11.8 Å². The van der Waals surface area contributed by atoms with Gasteiger partial charge in [-0.1, -0.05) is 55.3 Å². The Bertz CT molecular complexity index is 920. The Labute approximate surface area is 201 Å². The Hall–Kier alpha value is -3.23. The highest BCUT2D eigenvalue weighted by molar-refractivity contribution is 5.90. The van der Waals surface area contributed by atoms with Crippen LogP contribution in [0.4, 0.5) is 5.69 Å². The predicted octanol–water partition coefficient (Wildman–Crippen LogP) is 4.29. The van der Waals surface area contributed by atoms with Crippen LogP contribution >= 0.6 is 0 Å². The van der Waals surface area contributed by atoms with Gasteiger partial charge in [0.2, 0.25) is 11.8 Å². The first-order valence-electron chi connectivity index (χ1n) is 11.7. The van der Waals surface area contributed by atoms with Crippen LogP contribution in [0.2, 0.25) is 0 Å². The van der Waals surface area contributed by atoms with Gasteiger partial charge in [-0.05, 0) is 50.1 Å². The maximum atomic E-state index is 12.3. The van der Waals surface area contributed by atoms with E-state index >= 15 is 0 Å². The average Bonchev–Trinajstić information content (AvgIpc) is 2.80. The molecule has 0 saturated heterocycles. The molecule has 0 unspecified atom stereocenters. The summed E-state index contributed by atoms with van der Waals surface area (Å²) in [7, 11) is 1.78. The van der Waals surface area contributed by atoms with Crippen LogP contribution in [0.15, 0.2) is 54.6 Å². The third-order valence-corrected chi connectivity index (χ3v) is 5.32. The first kappa shape index (κ1) is 27.0. The molecule has 8 nitrogen and oxygen atoms in total. The van der Waals surface area contributed by atoms with E-state index in [1.807, 2.05) is 54.6 Å². The minimum Gasteiger partial charge on any atom is -0.480 e. The summed E-state index contributed by atoms with van der Waals surface area (Å²) >= 11 is 0. The van der Waals surface area contributed by atoms with Crippen LogP contribution in [-0.2, 0) is 25.8 Å². The molecule has 184 valence electrons. The summed E-state index contributed by atoms with van der Waals surface area (Å²) in [6.07, 6.45) is 4.08. The lowest BCUT2D eigenvalue weighted by Gasteiger charge is -2.25. The Morgan fingerprint density at radius 3 is 2.26 bits per heavy atom. The van der Waals surface area contributed by atoms with Crippen molar-refractivity contribution in [2.75, 3.05) is 19.0 Å². The molecule has 0 heterocycles. The normalized spacial score (nSPS) is 11.7. The van der Waals surface area contributed by atoms with Crippen molar-refractivity contribution in [3.63, 3.8) is 0 Å². The van der Waals surface area contributed by atoms with Crippen LogP contribution in [-0.4, -0.2) is 41.4 Å². The number of carbonyl (C=O) groups is 3. The van der Waals surface area contributed by atoms with Crippen molar-refractivity contribution < 1.29 is 24.3 Å². The molecule has 34 heavy (non-hydrogen) atoms. The van der Waals surface area contributed by atoms with E-state index in [1.165, 1.54) is 0 Å². The Morgan fingerprint density at radius 2 is 1.62 bits per heavy atom. The van der Waals surface area contributed by atoms with E-state index in [9.17, 15) is 19.5 Å². The second-order valence-electron chi connectivity index (χ2n) is 8.19. The first-order valence-corrected chi connectivity index (χ1v) is 11.7. The molecule has 2 amide bonds. The molecule has 0 spiro atoms. The van der Waals surface area contributed by atoms with Crippen molar-refractivity contribution in [3.05, 3.63) is 65.7 Å². The Balaban J connectivity index is 1.77. The zero-order valence-corrected chi connectivity index (χ0v) is 20.0. The smallest absolute Gasteiger partial charge is 0.325 e. The summed E-state index contributed by atoms with van der Waals surface area (Å²) in [5.41, 5.74) is 4.69. The third-order valence-electron chi connectivity index (χ3n) is 5.32. The molecule has 1 atom stereocenters. The van der Waals surface area contributed by atoms with Gasteiger partial charge in [-0.15, -0.1) is 0 Å². The summed E-state index contributed by atoms with van der Waals surface area (Å²) in [4.78, 5) is 42.2. The molecule has 0 fully saturated rings. The lowest BCUT2D eigenvalue weighted by atomic mass is 10.0. The fourth-order valence-corrected chi connectivity index (χ4v) is 3.70. The number of benzene rings is 2. The van der Waals surface area contributed by atoms with Gasteiger partial charge < -0.3 is 10.4 Å². The van der Waals surface area contributed by atoms with Crippen LogP contribution < -0.4 is 10.8 Å². The van der Waals surface area contributed by atoms with Gasteiger partial charge in [-0.25, -0.2) is 5.48 Å². The van der Waals surface area contributed by atoms with Crippen molar-refractivity contribution in [3.8, 4) is 0 Å². The van der Waals surface area contributed by atoms with Crippen molar-refractivity contribution in [2.24, 2.45) is 0 Å². The molecule has 2 aromatic rings. The van der Waals surface area contributed by atoms with E-state index in [0.717, 1.165) is 36.8 Å². The summed E-state index contributed by atoms with van der Waals surface area (Å²) in [5.74, 6) is -1.09. The minimum absolute atomic E-state index is 0.0627.